The number of nitrogens with zero attached hydrogens (tertiary/aromatic N) is 2. The molecule has 0 unspecified atom stereocenters. The number of benzene rings is 1. The summed E-state index contributed by atoms with van der Waals surface area (Å²) in [6.45, 7) is 0.289. The first-order chi connectivity index (χ1) is 7.47. The minimum Gasteiger partial charge on any atom is -0.395 e. The summed E-state index contributed by atoms with van der Waals surface area (Å²) in [6.07, 6.45) is 0. The van der Waals surface area contributed by atoms with Gasteiger partial charge < -0.3 is 10.0 Å². The van der Waals surface area contributed by atoms with Crippen molar-refractivity contribution in [3.63, 3.8) is 0 Å². The number of aliphatic hydroxyl groups is 1. The van der Waals surface area contributed by atoms with E-state index in [2.05, 4.69) is 0 Å². The third-order valence-electron chi connectivity index (χ3n) is 2.03. The van der Waals surface area contributed by atoms with Gasteiger partial charge >= 0.3 is 0 Å². The SMILES string of the molecule is CN(CCO)c1c(Cl)cc([N+](=O)[O-])cc1Cl. The molecule has 88 valence electrons. The summed E-state index contributed by atoms with van der Waals surface area (Å²) in [4.78, 5) is 11.6. The lowest BCUT2D eigenvalue weighted by molar-refractivity contribution is -0.384. The molecule has 7 heteroatoms. The highest BCUT2D eigenvalue weighted by Crippen LogP contribution is 2.36. The molecule has 0 bridgehead atoms. The highest BCUT2D eigenvalue weighted by atomic mass is 35.5. The van der Waals surface area contributed by atoms with Crippen LogP contribution in [-0.4, -0.2) is 30.2 Å². The van der Waals surface area contributed by atoms with Gasteiger partial charge in [0, 0.05) is 25.7 Å². The Balaban J connectivity index is 3.17. The number of non-ortho nitro benzene ring substituents is 1. The molecule has 1 aromatic rings. The van der Waals surface area contributed by atoms with E-state index in [9.17, 15) is 10.1 Å². The van der Waals surface area contributed by atoms with E-state index in [4.69, 9.17) is 28.3 Å². The average Bonchev–Trinajstić information content (AvgIpc) is 2.16. The summed E-state index contributed by atoms with van der Waals surface area (Å²) in [7, 11) is 1.69. The number of hydrogen-bond donors (Lipinski definition) is 1. The van der Waals surface area contributed by atoms with Gasteiger partial charge in [-0.15, -0.1) is 0 Å². The Hall–Kier alpha value is -1.04. The van der Waals surface area contributed by atoms with Gasteiger partial charge in [0.15, 0.2) is 0 Å². The summed E-state index contributed by atoms with van der Waals surface area (Å²) in [5.41, 5.74) is 0.319. The molecule has 1 aromatic carbocycles. The van der Waals surface area contributed by atoms with E-state index in [0.717, 1.165) is 0 Å². The van der Waals surface area contributed by atoms with Crippen molar-refractivity contribution in [2.45, 2.75) is 0 Å². The normalized spacial score (nSPS) is 10.2. The zero-order valence-electron chi connectivity index (χ0n) is 8.48. The first-order valence-corrected chi connectivity index (χ1v) is 5.18. The van der Waals surface area contributed by atoms with Crippen LogP contribution in [0.15, 0.2) is 12.1 Å². The minimum absolute atomic E-state index is 0.0554. The highest BCUT2D eigenvalue weighted by Gasteiger charge is 2.16. The third-order valence-corrected chi connectivity index (χ3v) is 2.61. The summed E-state index contributed by atoms with van der Waals surface area (Å²) in [5, 5.41) is 19.7. The predicted molar refractivity (Wildman–Crippen MR) is 63.5 cm³/mol. The Morgan fingerprint density at radius 1 is 1.44 bits per heavy atom. The van der Waals surface area contributed by atoms with Gasteiger partial charge in [-0.2, -0.15) is 0 Å². The van der Waals surface area contributed by atoms with Gasteiger partial charge in [-0.3, -0.25) is 10.1 Å². The van der Waals surface area contributed by atoms with Crippen molar-refractivity contribution in [1.82, 2.24) is 0 Å². The fourth-order valence-electron chi connectivity index (χ4n) is 1.28. The van der Waals surface area contributed by atoms with Crippen LogP contribution in [0, 0.1) is 10.1 Å². The Morgan fingerprint density at radius 3 is 2.31 bits per heavy atom. The molecule has 1 rings (SSSR count). The third kappa shape index (κ3) is 2.75. The van der Waals surface area contributed by atoms with Crippen LogP contribution in [0.1, 0.15) is 0 Å². The Morgan fingerprint density at radius 2 is 1.94 bits per heavy atom. The number of anilines is 1. The van der Waals surface area contributed by atoms with E-state index in [1.807, 2.05) is 0 Å². The molecule has 0 heterocycles. The van der Waals surface area contributed by atoms with Crippen molar-refractivity contribution in [2.24, 2.45) is 0 Å². The van der Waals surface area contributed by atoms with E-state index in [1.165, 1.54) is 12.1 Å². The van der Waals surface area contributed by atoms with Gasteiger partial charge in [0.2, 0.25) is 0 Å². The molecular formula is C9H10Cl2N2O3. The molecule has 16 heavy (non-hydrogen) atoms. The van der Waals surface area contributed by atoms with Crippen molar-refractivity contribution >= 4 is 34.6 Å². The average molecular weight is 265 g/mol. The summed E-state index contributed by atoms with van der Waals surface area (Å²) >= 11 is 11.8. The molecule has 0 aromatic heterocycles. The van der Waals surface area contributed by atoms with Gasteiger partial charge in [-0.05, 0) is 0 Å². The van der Waals surface area contributed by atoms with Crippen LogP contribution in [0.5, 0.6) is 0 Å². The smallest absolute Gasteiger partial charge is 0.272 e. The summed E-state index contributed by atoms with van der Waals surface area (Å²) in [6, 6.07) is 2.47. The standard InChI is InChI=1S/C9H10Cl2N2O3/c1-12(2-3-14)9-7(10)4-6(13(15)16)5-8(9)11/h4-5,14H,2-3H2,1H3. The number of nitro groups is 1. The maximum Gasteiger partial charge on any atom is 0.272 e. The van der Waals surface area contributed by atoms with Crippen molar-refractivity contribution in [3.05, 3.63) is 32.3 Å². The van der Waals surface area contributed by atoms with Crippen LogP contribution in [-0.2, 0) is 0 Å². The fraction of sp³-hybridized carbons (Fsp3) is 0.333. The number of likely N-dealkylation sites (N-methyl/N-ethyl adjacent to an activating group) is 1. The Kier molecular flexibility index (Phi) is 4.35. The van der Waals surface area contributed by atoms with Gasteiger partial charge in [0.05, 0.1) is 27.3 Å². The molecule has 0 saturated heterocycles. The number of rotatable bonds is 4. The summed E-state index contributed by atoms with van der Waals surface area (Å²) < 4.78 is 0. The van der Waals surface area contributed by atoms with Crippen LogP contribution in [0.25, 0.3) is 0 Å². The maximum absolute atomic E-state index is 10.5. The molecule has 1 N–H and O–H groups in total. The molecule has 0 atom stereocenters. The molecule has 0 aliphatic heterocycles. The van der Waals surface area contributed by atoms with Gasteiger partial charge in [0.1, 0.15) is 0 Å². The predicted octanol–water partition coefficient (Wildman–Crippen LogP) is 2.33. The second-order valence-corrected chi connectivity index (χ2v) is 3.97. The molecule has 0 amide bonds. The van der Waals surface area contributed by atoms with Gasteiger partial charge in [-0.1, -0.05) is 23.2 Å². The molecule has 0 saturated carbocycles. The number of aliphatic hydroxyl groups excluding tert-OH is 1. The van der Waals surface area contributed by atoms with Gasteiger partial charge in [-0.25, -0.2) is 0 Å². The lowest BCUT2D eigenvalue weighted by Crippen LogP contribution is -2.21. The van der Waals surface area contributed by atoms with Crippen molar-refractivity contribution < 1.29 is 10.0 Å². The first-order valence-electron chi connectivity index (χ1n) is 4.42. The van der Waals surface area contributed by atoms with Crippen LogP contribution in [0.3, 0.4) is 0 Å². The molecule has 5 nitrogen and oxygen atoms in total. The van der Waals surface area contributed by atoms with E-state index in [1.54, 1.807) is 11.9 Å². The Bertz CT molecular complexity index is 389. The van der Waals surface area contributed by atoms with Crippen molar-refractivity contribution in [2.75, 3.05) is 25.1 Å². The monoisotopic (exact) mass is 264 g/mol. The highest BCUT2D eigenvalue weighted by molar-refractivity contribution is 6.39. The number of hydrogen-bond acceptors (Lipinski definition) is 4. The van der Waals surface area contributed by atoms with Gasteiger partial charge in [0.25, 0.3) is 5.69 Å². The summed E-state index contributed by atoms with van der Waals surface area (Å²) in [5.74, 6) is 0. The van der Waals surface area contributed by atoms with E-state index >= 15 is 0 Å². The second kappa shape index (κ2) is 5.34. The van der Waals surface area contributed by atoms with Crippen LogP contribution in [0.2, 0.25) is 10.0 Å². The van der Waals surface area contributed by atoms with Crippen molar-refractivity contribution in [1.29, 1.82) is 0 Å². The maximum atomic E-state index is 10.5. The molecule has 0 aliphatic carbocycles. The fourth-order valence-corrected chi connectivity index (χ4v) is 2.05. The molecule has 0 aliphatic rings. The lowest BCUT2D eigenvalue weighted by atomic mass is 10.2. The van der Waals surface area contributed by atoms with E-state index in [-0.39, 0.29) is 22.3 Å². The lowest BCUT2D eigenvalue weighted by Gasteiger charge is -2.20. The number of nitro benzene ring substituents is 1. The van der Waals surface area contributed by atoms with E-state index in [0.29, 0.717) is 12.2 Å². The largest absolute Gasteiger partial charge is 0.395 e. The molecule has 0 fully saturated rings. The quantitative estimate of drug-likeness (QED) is 0.670. The van der Waals surface area contributed by atoms with Crippen LogP contribution < -0.4 is 4.90 Å². The molecule has 0 spiro atoms. The minimum atomic E-state index is -0.562. The van der Waals surface area contributed by atoms with Crippen molar-refractivity contribution in [3.8, 4) is 0 Å². The first kappa shape index (κ1) is 13.0. The zero-order chi connectivity index (χ0) is 12.3. The van der Waals surface area contributed by atoms with E-state index < -0.39 is 4.92 Å². The van der Waals surface area contributed by atoms with Crippen LogP contribution >= 0.6 is 23.2 Å². The topological polar surface area (TPSA) is 66.6 Å². The molecule has 0 radical (unpaired) electrons. The van der Waals surface area contributed by atoms with Crippen LogP contribution in [0.4, 0.5) is 11.4 Å². The zero-order valence-corrected chi connectivity index (χ0v) is 9.99. The second-order valence-electron chi connectivity index (χ2n) is 3.16. The molecular weight excluding hydrogens is 255 g/mol. The number of halogens is 2. The Labute approximate surface area is 102 Å².